The molecule has 0 aliphatic rings. The van der Waals surface area contributed by atoms with E-state index in [9.17, 15) is 22.8 Å². The number of Topliss-reactive ketones (excluding diaryl/α,β-unsaturated/α-hetero) is 1. The Morgan fingerprint density at radius 2 is 1.91 bits per heavy atom. The number of fused-ring (bicyclic) bond motifs is 1. The van der Waals surface area contributed by atoms with Crippen LogP contribution in [0.3, 0.4) is 0 Å². The van der Waals surface area contributed by atoms with Gasteiger partial charge in [-0.05, 0) is 29.8 Å². The number of carbonyl (C=O) groups excluding carboxylic acids is 1. The van der Waals surface area contributed by atoms with Gasteiger partial charge in [0.1, 0.15) is 11.4 Å². The summed E-state index contributed by atoms with van der Waals surface area (Å²) in [6.07, 6.45) is -2.52. The van der Waals surface area contributed by atoms with Crippen LogP contribution in [-0.2, 0) is 22.5 Å². The predicted molar refractivity (Wildman–Crippen MR) is 124 cm³/mol. The van der Waals surface area contributed by atoms with Gasteiger partial charge in [-0.25, -0.2) is 9.67 Å². The van der Waals surface area contributed by atoms with Crippen molar-refractivity contribution >= 4 is 11.4 Å². The van der Waals surface area contributed by atoms with E-state index in [0.29, 0.717) is 30.1 Å². The highest BCUT2D eigenvalue weighted by Crippen LogP contribution is 2.26. The van der Waals surface area contributed by atoms with Gasteiger partial charge in [0.05, 0.1) is 37.2 Å². The van der Waals surface area contributed by atoms with E-state index in [1.165, 1.54) is 10.7 Å². The quantitative estimate of drug-likeness (QED) is 0.354. The lowest BCUT2D eigenvalue weighted by Crippen LogP contribution is -2.24. The minimum atomic E-state index is -4.34. The number of ketones is 1. The lowest BCUT2D eigenvalue weighted by Gasteiger charge is -2.09. The van der Waals surface area contributed by atoms with Crippen molar-refractivity contribution in [3.8, 4) is 22.5 Å². The molecule has 0 bridgehead atoms. The largest absolute Gasteiger partial charge is 0.389 e. The van der Waals surface area contributed by atoms with Crippen LogP contribution < -0.4 is 5.56 Å². The first-order valence-electron chi connectivity index (χ1n) is 11.0. The first-order chi connectivity index (χ1) is 16.7. The number of imidazole rings is 1. The van der Waals surface area contributed by atoms with Crippen LogP contribution in [-0.4, -0.2) is 44.8 Å². The van der Waals surface area contributed by atoms with Crippen LogP contribution in [0.2, 0.25) is 0 Å². The second-order valence-corrected chi connectivity index (χ2v) is 8.09. The van der Waals surface area contributed by atoms with Crippen LogP contribution in [0.4, 0.5) is 13.2 Å². The summed E-state index contributed by atoms with van der Waals surface area (Å²) in [7, 11) is 1.56. The molecule has 1 aromatic carbocycles. The number of aromatic nitrogens is 4. The Bertz CT molecular complexity index is 1410. The summed E-state index contributed by atoms with van der Waals surface area (Å²) in [6.45, 7) is 0.708. The molecule has 0 saturated carbocycles. The fourth-order valence-corrected chi connectivity index (χ4v) is 3.73. The highest BCUT2D eigenvalue weighted by atomic mass is 19.4. The maximum absolute atomic E-state index is 12.4. The van der Waals surface area contributed by atoms with Crippen LogP contribution in [0.25, 0.3) is 28.2 Å². The molecule has 0 aliphatic heterocycles. The molecular weight excluding hydrogens is 461 g/mol. The van der Waals surface area contributed by atoms with Crippen LogP contribution in [0, 0.1) is 0 Å². The number of alkyl halides is 3. The molecule has 4 aromatic rings. The topological polar surface area (TPSA) is 78.5 Å². The highest BCUT2D eigenvalue weighted by Gasteiger charge is 2.27. The Balaban J connectivity index is 1.57. The molecule has 4 rings (SSSR count). The summed E-state index contributed by atoms with van der Waals surface area (Å²) in [6, 6.07) is 14.0. The normalized spacial score (nSPS) is 11.8. The average Bonchev–Trinajstić information content (AvgIpc) is 3.25. The van der Waals surface area contributed by atoms with Gasteiger partial charge in [-0.3, -0.25) is 14.0 Å². The Hall–Kier alpha value is -3.79. The number of methoxy groups -OCH3 is 1. The smallest absolute Gasteiger partial charge is 0.383 e. The molecule has 10 heteroatoms. The zero-order valence-electron chi connectivity index (χ0n) is 19.0. The summed E-state index contributed by atoms with van der Waals surface area (Å²) in [5.41, 5.74) is 4.04. The zero-order valence-corrected chi connectivity index (χ0v) is 19.0. The molecule has 3 heterocycles. The van der Waals surface area contributed by atoms with Gasteiger partial charge in [-0.1, -0.05) is 18.2 Å². The van der Waals surface area contributed by atoms with Crippen LogP contribution in [0.15, 0.2) is 65.7 Å². The van der Waals surface area contributed by atoms with Crippen molar-refractivity contribution in [1.29, 1.82) is 0 Å². The summed E-state index contributed by atoms with van der Waals surface area (Å²) in [4.78, 5) is 28.5. The molecule has 0 aliphatic carbocycles. The molecule has 0 unspecified atom stereocenters. The van der Waals surface area contributed by atoms with Crippen molar-refractivity contribution in [3.05, 3.63) is 76.8 Å². The van der Waals surface area contributed by atoms with Crippen LogP contribution >= 0.6 is 0 Å². The van der Waals surface area contributed by atoms with E-state index < -0.39 is 24.8 Å². The molecule has 0 radical (unpaired) electrons. The molecule has 0 atom stereocenters. The number of hydrogen-bond acceptors (Lipinski definition) is 5. The predicted octanol–water partition coefficient (Wildman–Crippen LogP) is 4.33. The first kappa shape index (κ1) is 24.3. The van der Waals surface area contributed by atoms with E-state index in [1.807, 2.05) is 28.8 Å². The second-order valence-electron chi connectivity index (χ2n) is 8.09. The molecule has 7 nitrogen and oxygen atoms in total. The van der Waals surface area contributed by atoms with Gasteiger partial charge < -0.3 is 4.74 Å². The lowest BCUT2D eigenvalue weighted by molar-refractivity contribution is -0.143. The van der Waals surface area contributed by atoms with Crippen molar-refractivity contribution in [1.82, 2.24) is 19.2 Å². The number of hydrogen-bond donors (Lipinski definition) is 0. The molecule has 0 N–H and O–H groups in total. The van der Waals surface area contributed by atoms with Crippen LogP contribution in [0.1, 0.15) is 18.4 Å². The highest BCUT2D eigenvalue weighted by molar-refractivity contribution is 5.81. The third kappa shape index (κ3) is 6.02. The number of halogens is 3. The van der Waals surface area contributed by atoms with E-state index in [-0.39, 0.29) is 12.0 Å². The van der Waals surface area contributed by atoms with Gasteiger partial charge in [0.2, 0.25) is 0 Å². The van der Waals surface area contributed by atoms with Gasteiger partial charge in [0.15, 0.2) is 0 Å². The minimum Gasteiger partial charge on any atom is -0.383 e. The Kier molecular flexibility index (Phi) is 7.11. The molecule has 0 fully saturated rings. The number of carbonyl (C=O) groups is 1. The maximum atomic E-state index is 12.4. The number of pyridine rings is 1. The number of benzene rings is 1. The standard InChI is InChI=1S/C25H23F3N4O3/c1-35-12-11-32-24(34)6-5-21(30-32)18-8-10-31-22(16-29-23(31)15-18)19-4-2-3-17(13-19)14-20(33)7-9-25(26,27)28/h2-6,8,10,13,15-16H,7,9,11-12,14H2,1H3. The van der Waals surface area contributed by atoms with Crippen molar-refractivity contribution in [3.63, 3.8) is 0 Å². The molecule has 3 aromatic heterocycles. The summed E-state index contributed by atoms with van der Waals surface area (Å²) >= 11 is 0. The Morgan fingerprint density at radius 3 is 2.69 bits per heavy atom. The number of ether oxygens (including phenoxy) is 1. The Morgan fingerprint density at radius 1 is 1.09 bits per heavy atom. The SMILES string of the molecule is COCCn1nc(-c2ccn3c(-c4cccc(CC(=O)CCC(F)(F)F)c4)cnc3c2)ccc1=O. The average molecular weight is 484 g/mol. The van der Waals surface area contributed by atoms with Gasteiger partial charge in [0, 0.05) is 43.3 Å². The minimum absolute atomic E-state index is 0.0603. The van der Waals surface area contributed by atoms with E-state index in [4.69, 9.17) is 4.74 Å². The van der Waals surface area contributed by atoms with Gasteiger partial charge in [-0.15, -0.1) is 0 Å². The lowest BCUT2D eigenvalue weighted by atomic mass is 10.0. The third-order valence-electron chi connectivity index (χ3n) is 5.49. The first-order valence-corrected chi connectivity index (χ1v) is 11.0. The molecule has 182 valence electrons. The molecule has 0 saturated heterocycles. The van der Waals surface area contributed by atoms with Crippen molar-refractivity contribution < 1.29 is 22.7 Å². The van der Waals surface area contributed by atoms with E-state index in [0.717, 1.165) is 16.8 Å². The van der Waals surface area contributed by atoms with Gasteiger partial charge in [-0.2, -0.15) is 18.3 Å². The van der Waals surface area contributed by atoms with E-state index in [2.05, 4.69) is 10.1 Å². The number of rotatable bonds is 9. The number of nitrogens with zero attached hydrogens (tertiary/aromatic N) is 4. The summed E-state index contributed by atoms with van der Waals surface area (Å²) in [5, 5.41) is 4.41. The second kappa shape index (κ2) is 10.2. The Labute approximate surface area is 198 Å². The fourth-order valence-electron chi connectivity index (χ4n) is 3.73. The van der Waals surface area contributed by atoms with Crippen molar-refractivity contribution in [2.24, 2.45) is 0 Å². The van der Waals surface area contributed by atoms with E-state index in [1.54, 1.807) is 37.6 Å². The van der Waals surface area contributed by atoms with Crippen molar-refractivity contribution in [2.75, 3.05) is 13.7 Å². The van der Waals surface area contributed by atoms with Gasteiger partial charge in [0.25, 0.3) is 5.56 Å². The molecule has 0 spiro atoms. The van der Waals surface area contributed by atoms with E-state index >= 15 is 0 Å². The molecule has 35 heavy (non-hydrogen) atoms. The van der Waals surface area contributed by atoms with Gasteiger partial charge >= 0.3 is 6.18 Å². The fraction of sp³-hybridized carbons (Fsp3) is 0.280. The maximum Gasteiger partial charge on any atom is 0.389 e. The monoisotopic (exact) mass is 484 g/mol. The molecule has 0 amide bonds. The molecular formula is C25H23F3N4O3. The summed E-state index contributed by atoms with van der Waals surface area (Å²) < 4.78 is 45.4. The third-order valence-corrected chi connectivity index (χ3v) is 5.49. The van der Waals surface area contributed by atoms with Crippen LogP contribution in [0.5, 0.6) is 0 Å². The summed E-state index contributed by atoms with van der Waals surface area (Å²) in [5.74, 6) is -0.457. The zero-order chi connectivity index (χ0) is 25.0. The van der Waals surface area contributed by atoms with Crippen molar-refractivity contribution in [2.45, 2.75) is 32.0 Å².